The molecule has 0 atom stereocenters. The van der Waals surface area contributed by atoms with Gasteiger partial charge in [0.05, 0.1) is 32.1 Å². The lowest BCUT2D eigenvalue weighted by Gasteiger charge is -2.10. The lowest BCUT2D eigenvalue weighted by Crippen LogP contribution is -1.93. The maximum atomic E-state index is 9.14. The molecule has 0 amide bonds. The van der Waals surface area contributed by atoms with Crippen molar-refractivity contribution in [3.05, 3.63) is 28.8 Å². The summed E-state index contributed by atoms with van der Waals surface area (Å²) in [6, 6.07) is 7.71. The number of aromatic nitrogens is 1. The van der Waals surface area contributed by atoms with E-state index in [0.717, 1.165) is 5.56 Å². The second-order valence-corrected chi connectivity index (χ2v) is 4.88. The third-order valence-corrected chi connectivity index (χ3v) is 3.75. The van der Waals surface area contributed by atoms with Crippen molar-refractivity contribution in [3.8, 4) is 28.1 Å². The van der Waals surface area contributed by atoms with Crippen LogP contribution in [0.3, 0.4) is 0 Å². The van der Waals surface area contributed by atoms with Crippen molar-refractivity contribution in [1.82, 2.24) is 4.98 Å². The zero-order valence-electron chi connectivity index (χ0n) is 11.5. The molecule has 0 saturated heterocycles. The van der Waals surface area contributed by atoms with Crippen molar-refractivity contribution in [2.24, 2.45) is 0 Å². The number of hydrogen-bond donors (Lipinski definition) is 0. The summed E-state index contributed by atoms with van der Waals surface area (Å²) in [5.74, 6) is 1.24. The zero-order valence-corrected chi connectivity index (χ0v) is 12.3. The Morgan fingerprint density at radius 2 is 2.05 bits per heavy atom. The van der Waals surface area contributed by atoms with Gasteiger partial charge in [-0.05, 0) is 12.1 Å². The lowest BCUT2D eigenvalue weighted by atomic mass is 10.2. The van der Waals surface area contributed by atoms with Crippen LogP contribution in [0.5, 0.6) is 11.5 Å². The van der Waals surface area contributed by atoms with Crippen LogP contribution in [0.4, 0.5) is 0 Å². The molecule has 0 aliphatic rings. The normalized spacial score (nSPS) is 10.1. The van der Waals surface area contributed by atoms with Gasteiger partial charge in [-0.2, -0.15) is 5.26 Å². The van der Waals surface area contributed by atoms with Crippen LogP contribution in [0.2, 0.25) is 0 Å². The zero-order chi connectivity index (χ0) is 14.5. The predicted molar refractivity (Wildman–Crippen MR) is 76.1 cm³/mol. The third kappa shape index (κ3) is 2.59. The van der Waals surface area contributed by atoms with Crippen molar-refractivity contribution in [2.75, 3.05) is 21.3 Å². The second-order valence-electron chi connectivity index (χ2n) is 3.88. The van der Waals surface area contributed by atoms with E-state index in [1.807, 2.05) is 18.2 Å². The summed E-state index contributed by atoms with van der Waals surface area (Å²) in [6.07, 6.45) is 0. The van der Waals surface area contributed by atoms with E-state index in [1.54, 1.807) is 21.3 Å². The summed E-state index contributed by atoms with van der Waals surface area (Å²) in [7, 11) is 4.74. The van der Waals surface area contributed by atoms with Crippen LogP contribution < -0.4 is 9.47 Å². The molecule has 6 heteroatoms. The van der Waals surface area contributed by atoms with E-state index in [2.05, 4.69) is 11.1 Å². The molecule has 0 spiro atoms. The second kappa shape index (κ2) is 6.37. The number of rotatable bonds is 5. The molecule has 0 unspecified atom stereocenters. The lowest BCUT2D eigenvalue weighted by molar-refractivity contribution is 0.182. The highest BCUT2D eigenvalue weighted by Gasteiger charge is 2.17. The highest BCUT2D eigenvalue weighted by molar-refractivity contribution is 7.15. The van der Waals surface area contributed by atoms with E-state index in [4.69, 9.17) is 19.5 Å². The number of benzene rings is 1. The summed E-state index contributed by atoms with van der Waals surface area (Å²) in [6.45, 7) is 0.311. The Labute approximate surface area is 121 Å². The number of nitriles is 1. The number of para-hydroxylation sites is 1. The first-order chi connectivity index (χ1) is 9.74. The van der Waals surface area contributed by atoms with Gasteiger partial charge in [-0.15, -0.1) is 11.3 Å². The Morgan fingerprint density at radius 1 is 1.25 bits per heavy atom. The topological polar surface area (TPSA) is 64.4 Å². The number of nitrogens with zero attached hydrogens (tertiary/aromatic N) is 2. The molecular formula is C14H14N2O3S. The standard InChI is InChI=1S/C14H14N2O3S/c1-17-8-10-12(7-15)20-14(16-10)9-5-4-6-11(18-2)13(9)19-3/h4-6H,8H2,1-3H3. The number of hydrogen-bond acceptors (Lipinski definition) is 6. The molecule has 0 saturated carbocycles. The van der Waals surface area contributed by atoms with E-state index in [0.29, 0.717) is 33.7 Å². The van der Waals surface area contributed by atoms with Gasteiger partial charge in [0, 0.05) is 7.11 Å². The molecule has 1 heterocycles. The van der Waals surface area contributed by atoms with Gasteiger partial charge in [0.2, 0.25) is 0 Å². The number of thiazole rings is 1. The summed E-state index contributed by atoms with van der Waals surface area (Å²) >= 11 is 1.31. The maximum absolute atomic E-state index is 9.14. The smallest absolute Gasteiger partial charge is 0.170 e. The minimum absolute atomic E-state index is 0.311. The van der Waals surface area contributed by atoms with Gasteiger partial charge in [0.25, 0.3) is 0 Å². The Morgan fingerprint density at radius 3 is 2.65 bits per heavy atom. The third-order valence-electron chi connectivity index (χ3n) is 2.71. The SMILES string of the molecule is COCc1nc(-c2cccc(OC)c2OC)sc1C#N. The van der Waals surface area contributed by atoms with Gasteiger partial charge in [0.1, 0.15) is 16.0 Å². The van der Waals surface area contributed by atoms with Crippen LogP contribution in [-0.2, 0) is 11.3 Å². The molecule has 0 radical (unpaired) electrons. The van der Waals surface area contributed by atoms with Gasteiger partial charge < -0.3 is 14.2 Å². The molecule has 0 aliphatic heterocycles. The molecule has 2 aromatic rings. The van der Waals surface area contributed by atoms with Gasteiger partial charge >= 0.3 is 0 Å². The molecule has 0 fully saturated rings. The molecular weight excluding hydrogens is 276 g/mol. The van der Waals surface area contributed by atoms with Crippen LogP contribution in [0.15, 0.2) is 18.2 Å². The molecule has 1 aromatic heterocycles. The van der Waals surface area contributed by atoms with Gasteiger partial charge in [-0.1, -0.05) is 6.07 Å². The minimum Gasteiger partial charge on any atom is -0.493 e. The predicted octanol–water partition coefficient (Wildman–Crippen LogP) is 2.85. The fourth-order valence-corrected chi connectivity index (χ4v) is 2.73. The molecule has 0 bridgehead atoms. The molecule has 0 N–H and O–H groups in total. The minimum atomic E-state index is 0.311. The number of methoxy groups -OCH3 is 3. The van der Waals surface area contributed by atoms with Gasteiger partial charge in [0.15, 0.2) is 11.5 Å². The first-order valence-electron chi connectivity index (χ1n) is 5.85. The Balaban J connectivity index is 2.54. The highest BCUT2D eigenvalue weighted by atomic mass is 32.1. The van der Waals surface area contributed by atoms with Gasteiger partial charge in [-0.3, -0.25) is 0 Å². The quantitative estimate of drug-likeness (QED) is 0.847. The summed E-state index contributed by atoms with van der Waals surface area (Å²) in [4.78, 5) is 5.01. The van der Waals surface area contributed by atoms with Crippen LogP contribution in [0.1, 0.15) is 10.6 Å². The maximum Gasteiger partial charge on any atom is 0.170 e. The van der Waals surface area contributed by atoms with E-state index < -0.39 is 0 Å². The number of ether oxygens (including phenoxy) is 3. The Bertz CT molecular complexity index is 646. The van der Waals surface area contributed by atoms with E-state index >= 15 is 0 Å². The van der Waals surface area contributed by atoms with E-state index in [1.165, 1.54) is 11.3 Å². The fraction of sp³-hybridized carbons (Fsp3) is 0.286. The average molecular weight is 290 g/mol. The summed E-state index contributed by atoms with van der Waals surface area (Å²) in [5, 5.41) is 9.85. The fourth-order valence-electron chi connectivity index (χ4n) is 1.84. The van der Waals surface area contributed by atoms with Crippen LogP contribution in [-0.4, -0.2) is 26.3 Å². The van der Waals surface area contributed by atoms with Crippen molar-refractivity contribution in [2.45, 2.75) is 6.61 Å². The van der Waals surface area contributed by atoms with Crippen LogP contribution >= 0.6 is 11.3 Å². The first kappa shape index (κ1) is 14.3. The molecule has 104 valence electrons. The molecule has 5 nitrogen and oxygen atoms in total. The molecule has 0 aliphatic carbocycles. The van der Waals surface area contributed by atoms with Crippen LogP contribution in [0, 0.1) is 11.3 Å². The molecule has 20 heavy (non-hydrogen) atoms. The van der Waals surface area contributed by atoms with Gasteiger partial charge in [-0.25, -0.2) is 4.98 Å². The monoisotopic (exact) mass is 290 g/mol. The first-order valence-corrected chi connectivity index (χ1v) is 6.66. The summed E-state index contributed by atoms with van der Waals surface area (Å²) < 4.78 is 15.7. The largest absolute Gasteiger partial charge is 0.493 e. The van der Waals surface area contributed by atoms with Crippen molar-refractivity contribution in [1.29, 1.82) is 5.26 Å². The van der Waals surface area contributed by atoms with E-state index in [9.17, 15) is 0 Å². The Kier molecular flexibility index (Phi) is 4.56. The van der Waals surface area contributed by atoms with Crippen molar-refractivity contribution < 1.29 is 14.2 Å². The van der Waals surface area contributed by atoms with Crippen LogP contribution in [0.25, 0.3) is 10.6 Å². The van der Waals surface area contributed by atoms with Crippen molar-refractivity contribution >= 4 is 11.3 Å². The molecule has 1 aromatic carbocycles. The van der Waals surface area contributed by atoms with E-state index in [-0.39, 0.29) is 0 Å². The van der Waals surface area contributed by atoms with Crippen molar-refractivity contribution in [3.63, 3.8) is 0 Å². The molecule has 2 rings (SSSR count). The summed E-state index contributed by atoms with van der Waals surface area (Å²) in [5.41, 5.74) is 1.44. The Hall–Kier alpha value is -2.10. The average Bonchev–Trinajstić information content (AvgIpc) is 2.89. The highest BCUT2D eigenvalue weighted by Crippen LogP contribution is 2.40.